The van der Waals surface area contributed by atoms with Gasteiger partial charge in [-0.3, -0.25) is 4.79 Å². The van der Waals surface area contributed by atoms with Gasteiger partial charge in [0, 0.05) is 17.3 Å². The highest BCUT2D eigenvalue weighted by Gasteiger charge is 2.53. The molecular formula is C17H11N3O2S3. The minimum atomic E-state index is -0.724. The molecule has 8 heteroatoms. The number of carboxylic acids is 1. The van der Waals surface area contributed by atoms with Crippen molar-refractivity contribution >= 4 is 55.3 Å². The number of nitrogens with one attached hydrogen (secondary N) is 1. The molecule has 2 N–H and O–H groups in total. The molecular weight excluding hydrogens is 374 g/mol. The first-order chi connectivity index (χ1) is 12.1. The predicted molar refractivity (Wildman–Crippen MR) is 101 cm³/mol. The molecule has 1 aliphatic carbocycles. The summed E-state index contributed by atoms with van der Waals surface area (Å²) in [4.78, 5) is 13.8. The van der Waals surface area contributed by atoms with Gasteiger partial charge in [-0.05, 0) is 48.3 Å². The van der Waals surface area contributed by atoms with E-state index in [0.717, 1.165) is 43.5 Å². The van der Waals surface area contributed by atoms with Crippen molar-refractivity contribution in [2.75, 3.05) is 12.4 Å². The molecule has 25 heavy (non-hydrogen) atoms. The first kappa shape index (κ1) is 16.1. The Hall–Kier alpha value is -2.39. The summed E-state index contributed by atoms with van der Waals surface area (Å²) < 4.78 is 5.31. The number of thiophene rings is 2. The van der Waals surface area contributed by atoms with Crippen molar-refractivity contribution in [1.82, 2.24) is 4.37 Å². The van der Waals surface area contributed by atoms with E-state index in [1.807, 2.05) is 12.1 Å². The van der Waals surface area contributed by atoms with Crippen molar-refractivity contribution in [1.29, 1.82) is 5.26 Å². The Morgan fingerprint density at radius 1 is 1.36 bits per heavy atom. The van der Waals surface area contributed by atoms with E-state index in [-0.39, 0.29) is 0 Å². The molecule has 0 aromatic carbocycles. The monoisotopic (exact) mass is 385 g/mol. The second-order valence-corrected chi connectivity index (χ2v) is 8.83. The molecule has 3 aromatic rings. The van der Waals surface area contributed by atoms with Crippen LogP contribution in [0.4, 0.5) is 5.69 Å². The topological polar surface area (TPSA) is 86.0 Å². The summed E-state index contributed by atoms with van der Waals surface area (Å²) in [6.07, 6.45) is 1.45. The molecule has 5 nitrogen and oxygen atoms in total. The summed E-state index contributed by atoms with van der Waals surface area (Å²) in [6.45, 7) is 0. The number of carboxylic acid groups (broad SMARTS) is 1. The quantitative estimate of drug-likeness (QED) is 0.669. The van der Waals surface area contributed by atoms with Gasteiger partial charge in [-0.25, -0.2) is 0 Å². The van der Waals surface area contributed by atoms with Gasteiger partial charge in [0.05, 0.1) is 14.6 Å². The van der Waals surface area contributed by atoms with Gasteiger partial charge < -0.3 is 10.4 Å². The molecule has 0 radical (unpaired) electrons. The number of aromatic nitrogens is 1. The number of anilines is 1. The molecule has 1 saturated carbocycles. The lowest BCUT2D eigenvalue weighted by Gasteiger charge is -2.04. The van der Waals surface area contributed by atoms with Crippen molar-refractivity contribution in [3.8, 4) is 17.9 Å². The second-order valence-electron chi connectivity index (χ2n) is 5.70. The fraction of sp³-hybridized carbons (Fsp3) is 0.235. The van der Waals surface area contributed by atoms with E-state index in [1.54, 1.807) is 29.7 Å². The lowest BCUT2D eigenvalue weighted by molar-refractivity contribution is -0.139. The Morgan fingerprint density at radius 3 is 2.76 bits per heavy atom. The number of hydrogen-bond donors (Lipinski definition) is 2. The van der Waals surface area contributed by atoms with Crippen LogP contribution in [0.2, 0.25) is 0 Å². The average Bonchev–Trinajstić information content (AvgIpc) is 2.97. The van der Waals surface area contributed by atoms with Gasteiger partial charge in [-0.1, -0.05) is 0 Å². The molecule has 0 saturated heterocycles. The fourth-order valence-electron chi connectivity index (χ4n) is 2.63. The van der Waals surface area contributed by atoms with Crippen LogP contribution in [0.25, 0.3) is 9.40 Å². The highest BCUT2D eigenvalue weighted by Crippen LogP contribution is 2.52. The van der Waals surface area contributed by atoms with Gasteiger partial charge in [-0.15, -0.1) is 22.7 Å². The minimum Gasteiger partial charge on any atom is -0.481 e. The standard InChI is InChI=1S/C17H11N3O2S3/c1-19-14-11(20-25-12(14)8-18)3-2-10-6-9-7-13(24-15(9)23-10)17(4-5-17)16(21)22/h6-7,19H,4-5H2,1H3,(H,21,22). The van der Waals surface area contributed by atoms with E-state index >= 15 is 0 Å². The molecule has 3 heterocycles. The number of nitrogens with zero attached hydrogens (tertiary/aromatic N) is 2. The third-order valence-electron chi connectivity index (χ3n) is 4.19. The van der Waals surface area contributed by atoms with Crippen LogP contribution >= 0.6 is 34.2 Å². The van der Waals surface area contributed by atoms with Crippen LogP contribution in [-0.4, -0.2) is 22.5 Å². The van der Waals surface area contributed by atoms with Gasteiger partial charge in [0.25, 0.3) is 0 Å². The molecule has 3 aromatic heterocycles. The SMILES string of the molecule is CNc1c(C#Cc2cc3cc(C4(C(=O)O)CC4)sc3s2)nsc1C#N. The molecule has 0 spiro atoms. The van der Waals surface area contributed by atoms with Crippen LogP contribution in [-0.2, 0) is 10.2 Å². The Morgan fingerprint density at radius 2 is 2.16 bits per heavy atom. The third kappa shape index (κ3) is 2.59. The number of aliphatic carboxylic acids is 1. The van der Waals surface area contributed by atoms with Gasteiger partial charge in [0.2, 0.25) is 0 Å². The minimum absolute atomic E-state index is 0.520. The molecule has 1 aliphatic rings. The first-order valence-corrected chi connectivity index (χ1v) is 9.85. The zero-order valence-corrected chi connectivity index (χ0v) is 15.5. The van der Waals surface area contributed by atoms with E-state index in [2.05, 4.69) is 27.6 Å². The van der Waals surface area contributed by atoms with E-state index in [9.17, 15) is 9.90 Å². The summed E-state index contributed by atoms with van der Waals surface area (Å²) in [5.41, 5.74) is 0.590. The van der Waals surface area contributed by atoms with Crippen LogP contribution in [0.5, 0.6) is 0 Å². The normalized spacial score (nSPS) is 14.6. The van der Waals surface area contributed by atoms with Crippen LogP contribution < -0.4 is 5.32 Å². The summed E-state index contributed by atoms with van der Waals surface area (Å²) in [6, 6.07) is 6.07. The molecule has 0 aliphatic heterocycles. The molecule has 0 bridgehead atoms. The van der Waals surface area contributed by atoms with E-state index < -0.39 is 11.4 Å². The predicted octanol–water partition coefficient (Wildman–Crippen LogP) is 3.85. The lowest BCUT2D eigenvalue weighted by atomic mass is 10.1. The lowest BCUT2D eigenvalue weighted by Crippen LogP contribution is -2.17. The van der Waals surface area contributed by atoms with Crippen LogP contribution in [0.1, 0.15) is 33.2 Å². The third-order valence-corrected chi connectivity index (χ3v) is 7.46. The maximum Gasteiger partial charge on any atom is 0.314 e. The maximum atomic E-state index is 11.4. The number of rotatable bonds is 3. The van der Waals surface area contributed by atoms with Crippen molar-refractivity contribution < 1.29 is 9.90 Å². The van der Waals surface area contributed by atoms with Gasteiger partial charge >= 0.3 is 5.97 Å². The number of carbonyl (C=O) groups is 1. The zero-order valence-electron chi connectivity index (χ0n) is 13.0. The van der Waals surface area contributed by atoms with Crippen molar-refractivity contribution in [3.05, 3.63) is 32.5 Å². The molecule has 124 valence electrons. The van der Waals surface area contributed by atoms with E-state index in [0.29, 0.717) is 16.3 Å². The van der Waals surface area contributed by atoms with E-state index in [4.69, 9.17) is 5.26 Å². The van der Waals surface area contributed by atoms with Crippen LogP contribution in [0, 0.1) is 23.2 Å². The molecule has 4 rings (SSSR count). The van der Waals surface area contributed by atoms with Gasteiger partial charge in [-0.2, -0.15) is 9.64 Å². The van der Waals surface area contributed by atoms with E-state index in [1.165, 1.54) is 0 Å². The molecule has 0 atom stereocenters. The fourth-order valence-corrected chi connectivity index (χ4v) is 5.82. The molecule has 1 fully saturated rings. The largest absolute Gasteiger partial charge is 0.481 e. The molecule has 0 unspecified atom stereocenters. The van der Waals surface area contributed by atoms with Gasteiger partial charge in [0.1, 0.15) is 16.4 Å². The number of hydrogen-bond acceptors (Lipinski definition) is 7. The van der Waals surface area contributed by atoms with Crippen molar-refractivity contribution in [2.45, 2.75) is 18.3 Å². The Kier molecular flexibility index (Phi) is 3.77. The van der Waals surface area contributed by atoms with Crippen LogP contribution in [0.15, 0.2) is 12.1 Å². The summed E-state index contributed by atoms with van der Waals surface area (Å²) >= 11 is 4.25. The highest BCUT2D eigenvalue weighted by atomic mass is 32.2. The Labute approximate surface area is 155 Å². The van der Waals surface area contributed by atoms with Crippen molar-refractivity contribution in [2.24, 2.45) is 0 Å². The Balaban J connectivity index is 1.65. The molecule has 0 amide bonds. The summed E-state index contributed by atoms with van der Waals surface area (Å²) in [7, 11) is 1.74. The second kappa shape index (κ2) is 5.85. The number of nitriles is 1. The summed E-state index contributed by atoms with van der Waals surface area (Å²) in [5, 5.41) is 22.5. The highest BCUT2D eigenvalue weighted by molar-refractivity contribution is 7.38. The zero-order chi connectivity index (χ0) is 17.6. The smallest absolute Gasteiger partial charge is 0.314 e. The summed E-state index contributed by atoms with van der Waals surface area (Å²) in [5.74, 6) is 5.39. The Bertz CT molecular complexity index is 1070. The van der Waals surface area contributed by atoms with Crippen LogP contribution in [0.3, 0.4) is 0 Å². The maximum absolute atomic E-state index is 11.4. The van der Waals surface area contributed by atoms with Crippen molar-refractivity contribution in [3.63, 3.8) is 0 Å². The first-order valence-electron chi connectivity index (χ1n) is 7.44. The number of fused-ring (bicyclic) bond motifs is 1. The van der Waals surface area contributed by atoms with Gasteiger partial charge in [0.15, 0.2) is 5.69 Å². The average molecular weight is 385 g/mol.